The normalized spacial score (nSPS) is 18.7. The number of rotatable bonds is 4. The summed E-state index contributed by atoms with van der Waals surface area (Å²) in [6, 6.07) is 8.75. The third-order valence-electron chi connectivity index (χ3n) is 5.98. The summed E-state index contributed by atoms with van der Waals surface area (Å²) in [6.45, 7) is 3.98. The third kappa shape index (κ3) is 4.83. The molecule has 1 N–H and O–H groups in total. The first kappa shape index (κ1) is 20.2. The molecule has 1 aliphatic carbocycles. The van der Waals surface area contributed by atoms with Crippen LogP contribution in [0.2, 0.25) is 0 Å². The Labute approximate surface area is 179 Å². The van der Waals surface area contributed by atoms with Gasteiger partial charge in [-0.05, 0) is 35.8 Å². The summed E-state index contributed by atoms with van der Waals surface area (Å²) in [4.78, 5) is 11.1. The van der Waals surface area contributed by atoms with Gasteiger partial charge in [-0.3, -0.25) is 4.99 Å². The molecular formula is C21H30IN5. The molecule has 2 aliphatic rings. The molecule has 1 saturated heterocycles. The van der Waals surface area contributed by atoms with E-state index in [0.29, 0.717) is 5.41 Å². The number of nitrogens with zero attached hydrogens (tertiary/aromatic N) is 4. The molecule has 6 heteroatoms. The first-order valence-electron chi connectivity index (χ1n) is 9.76. The fourth-order valence-corrected chi connectivity index (χ4v) is 4.59. The molecular weight excluding hydrogens is 449 g/mol. The molecule has 146 valence electrons. The van der Waals surface area contributed by atoms with E-state index in [1.807, 2.05) is 25.8 Å². The van der Waals surface area contributed by atoms with Crippen LogP contribution in [0.5, 0.6) is 0 Å². The SMILES string of the molecule is CN=C(NCc1cccc(Cn2ccnc2)c1)N1CCC2(CCCC2)C1.I. The molecule has 0 atom stereocenters. The van der Waals surface area contributed by atoms with Gasteiger partial charge >= 0.3 is 0 Å². The smallest absolute Gasteiger partial charge is 0.193 e. The second kappa shape index (κ2) is 9.08. The van der Waals surface area contributed by atoms with Crippen LogP contribution in [0.15, 0.2) is 48.0 Å². The zero-order chi connectivity index (χ0) is 17.8. The topological polar surface area (TPSA) is 45.5 Å². The minimum absolute atomic E-state index is 0. The quantitative estimate of drug-likeness (QED) is 0.411. The second-order valence-electron chi connectivity index (χ2n) is 7.83. The molecule has 4 rings (SSSR count). The zero-order valence-corrected chi connectivity index (χ0v) is 18.4. The van der Waals surface area contributed by atoms with E-state index in [1.54, 1.807) is 0 Å². The highest BCUT2D eigenvalue weighted by Crippen LogP contribution is 2.45. The molecule has 0 unspecified atom stereocenters. The van der Waals surface area contributed by atoms with Crippen LogP contribution in [0, 0.1) is 5.41 Å². The van der Waals surface area contributed by atoms with Crippen molar-refractivity contribution in [1.29, 1.82) is 0 Å². The monoisotopic (exact) mass is 479 g/mol. The predicted octanol–water partition coefficient (Wildman–Crippen LogP) is 3.89. The Kier molecular flexibility index (Phi) is 6.78. The van der Waals surface area contributed by atoms with Gasteiger partial charge in [0.2, 0.25) is 0 Å². The van der Waals surface area contributed by atoms with E-state index < -0.39 is 0 Å². The minimum Gasteiger partial charge on any atom is -0.352 e. The van der Waals surface area contributed by atoms with Gasteiger partial charge in [0.1, 0.15) is 0 Å². The van der Waals surface area contributed by atoms with E-state index in [4.69, 9.17) is 0 Å². The number of hydrogen-bond acceptors (Lipinski definition) is 2. The van der Waals surface area contributed by atoms with Crippen LogP contribution in [0.4, 0.5) is 0 Å². The molecule has 27 heavy (non-hydrogen) atoms. The highest BCUT2D eigenvalue weighted by atomic mass is 127. The summed E-state index contributed by atoms with van der Waals surface area (Å²) in [5.41, 5.74) is 3.16. The lowest BCUT2D eigenvalue weighted by atomic mass is 9.86. The summed E-state index contributed by atoms with van der Waals surface area (Å²) < 4.78 is 2.09. The minimum atomic E-state index is 0. The Morgan fingerprint density at radius 1 is 1.22 bits per heavy atom. The molecule has 1 saturated carbocycles. The summed E-state index contributed by atoms with van der Waals surface area (Å²) in [7, 11) is 1.90. The Balaban J connectivity index is 0.00000210. The number of aliphatic imine (C=N–C) groups is 1. The molecule has 0 radical (unpaired) electrons. The number of benzene rings is 1. The summed E-state index contributed by atoms with van der Waals surface area (Å²) >= 11 is 0. The maximum atomic E-state index is 4.54. The van der Waals surface area contributed by atoms with Gasteiger partial charge < -0.3 is 14.8 Å². The van der Waals surface area contributed by atoms with Crippen molar-refractivity contribution in [3.05, 3.63) is 54.1 Å². The zero-order valence-electron chi connectivity index (χ0n) is 16.1. The molecule has 2 aromatic rings. The average molecular weight is 479 g/mol. The Hall–Kier alpha value is -1.57. The number of nitrogens with one attached hydrogen (secondary N) is 1. The van der Waals surface area contributed by atoms with E-state index >= 15 is 0 Å². The second-order valence-corrected chi connectivity index (χ2v) is 7.83. The van der Waals surface area contributed by atoms with Gasteiger partial charge in [0.15, 0.2) is 5.96 Å². The van der Waals surface area contributed by atoms with Crippen LogP contribution in [-0.2, 0) is 13.1 Å². The van der Waals surface area contributed by atoms with Gasteiger partial charge in [-0.2, -0.15) is 0 Å². The van der Waals surface area contributed by atoms with Gasteiger partial charge in [0.25, 0.3) is 0 Å². The molecule has 0 bridgehead atoms. The van der Waals surface area contributed by atoms with E-state index in [2.05, 4.69) is 49.0 Å². The fraction of sp³-hybridized carbons (Fsp3) is 0.524. The molecule has 5 nitrogen and oxygen atoms in total. The van der Waals surface area contributed by atoms with Crippen LogP contribution >= 0.6 is 24.0 Å². The molecule has 1 aromatic heterocycles. The van der Waals surface area contributed by atoms with Crippen LogP contribution < -0.4 is 5.32 Å². The number of halogens is 1. The summed E-state index contributed by atoms with van der Waals surface area (Å²) in [5.74, 6) is 1.05. The predicted molar refractivity (Wildman–Crippen MR) is 120 cm³/mol. The molecule has 2 fully saturated rings. The van der Waals surface area contributed by atoms with E-state index in [1.165, 1.54) is 49.8 Å². The summed E-state index contributed by atoms with van der Waals surface area (Å²) in [5, 5.41) is 3.58. The molecule has 1 aromatic carbocycles. The maximum absolute atomic E-state index is 4.54. The van der Waals surface area contributed by atoms with Crippen molar-refractivity contribution in [3.8, 4) is 0 Å². The lowest BCUT2D eigenvalue weighted by Gasteiger charge is -2.26. The number of aromatic nitrogens is 2. The van der Waals surface area contributed by atoms with Gasteiger partial charge in [-0.1, -0.05) is 37.1 Å². The van der Waals surface area contributed by atoms with Crippen molar-refractivity contribution in [2.75, 3.05) is 20.1 Å². The average Bonchev–Trinajstić information content (AvgIpc) is 3.40. The highest BCUT2D eigenvalue weighted by molar-refractivity contribution is 14.0. The first-order valence-corrected chi connectivity index (χ1v) is 9.76. The van der Waals surface area contributed by atoms with Gasteiger partial charge in [0, 0.05) is 45.6 Å². The third-order valence-corrected chi connectivity index (χ3v) is 5.98. The van der Waals surface area contributed by atoms with Crippen molar-refractivity contribution in [2.24, 2.45) is 10.4 Å². The van der Waals surface area contributed by atoms with Crippen LogP contribution in [0.1, 0.15) is 43.2 Å². The lowest BCUT2D eigenvalue weighted by molar-refractivity contribution is 0.309. The highest BCUT2D eigenvalue weighted by Gasteiger charge is 2.40. The number of guanidine groups is 1. The Bertz CT molecular complexity index is 750. The van der Waals surface area contributed by atoms with E-state index in [-0.39, 0.29) is 24.0 Å². The molecule has 2 heterocycles. The number of hydrogen-bond donors (Lipinski definition) is 1. The van der Waals surface area contributed by atoms with E-state index in [0.717, 1.165) is 25.6 Å². The lowest BCUT2D eigenvalue weighted by Crippen LogP contribution is -2.40. The largest absolute Gasteiger partial charge is 0.352 e. The van der Waals surface area contributed by atoms with E-state index in [9.17, 15) is 0 Å². The number of likely N-dealkylation sites (tertiary alicyclic amines) is 1. The van der Waals surface area contributed by atoms with Gasteiger partial charge in [-0.25, -0.2) is 4.98 Å². The Morgan fingerprint density at radius 2 is 2.04 bits per heavy atom. The van der Waals surface area contributed by atoms with Crippen molar-refractivity contribution in [1.82, 2.24) is 19.8 Å². The van der Waals surface area contributed by atoms with Crippen molar-refractivity contribution in [2.45, 2.75) is 45.2 Å². The first-order chi connectivity index (χ1) is 12.8. The van der Waals surface area contributed by atoms with Crippen LogP contribution in [0.3, 0.4) is 0 Å². The molecule has 1 aliphatic heterocycles. The van der Waals surface area contributed by atoms with Crippen LogP contribution in [-0.4, -0.2) is 40.5 Å². The molecule has 0 amide bonds. The fourth-order valence-electron chi connectivity index (χ4n) is 4.59. The standard InChI is InChI=1S/C21H29N5.HI/c1-22-20(26-11-9-21(16-26)7-2-3-8-21)24-14-18-5-4-6-19(13-18)15-25-12-10-23-17-25;/h4-6,10,12-13,17H,2-3,7-9,11,14-16H2,1H3,(H,22,24);1H. The maximum Gasteiger partial charge on any atom is 0.193 e. The molecule has 1 spiro atoms. The van der Waals surface area contributed by atoms with Crippen molar-refractivity contribution >= 4 is 29.9 Å². The van der Waals surface area contributed by atoms with Crippen molar-refractivity contribution < 1.29 is 0 Å². The van der Waals surface area contributed by atoms with Crippen molar-refractivity contribution in [3.63, 3.8) is 0 Å². The van der Waals surface area contributed by atoms with Gasteiger partial charge in [0.05, 0.1) is 6.33 Å². The number of imidazole rings is 1. The van der Waals surface area contributed by atoms with Gasteiger partial charge in [-0.15, -0.1) is 24.0 Å². The van der Waals surface area contributed by atoms with Crippen LogP contribution in [0.25, 0.3) is 0 Å². The summed E-state index contributed by atoms with van der Waals surface area (Å²) in [6.07, 6.45) is 12.6. The Morgan fingerprint density at radius 3 is 2.78 bits per heavy atom.